The monoisotopic (exact) mass is 253 g/mol. The van der Waals surface area contributed by atoms with Crippen molar-refractivity contribution in [1.82, 2.24) is 5.32 Å². The van der Waals surface area contributed by atoms with Gasteiger partial charge in [-0.2, -0.15) is 0 Å². The van der Waals surface area contributed by atoms with Gasteiger partial charge in [0, 0.05) is 6.04 Å². The van der Waals surface area contributed by atoms with Crippen LogP contribution in [-0.2, 0) is 0 Å². The van der Waals surface area contributed by atoms with E-state index >= 15 is 0 Å². The van der Waals surface area contributed by atoms with Crippen molar-refractivity contribution < 1.29 is 0 Å². The van der Waals surface area contributed by atoms with E-state index in [1.807, 2.05) is 0 Å². The SMILES string of the molecule is CCCCCCC(NCCC)C1CCCCCC1. The van der Waals surface area contributed by atoms with Crippen LogP contribution < -0.4 is 5.32 Å². The number of nitrogens with one attached hydrogen (secondary N) is 1. The first-order valence-corrected chi connectivity index (χ1v) is 8.61. The molecule has 0 aromatic heterocycles. The van der Waals surface area contributed by atoms with E-state index in [0.717, 1.165) is 12.0 Å². The van der Waals surface area contributed by atoms with Gasteiger partial charge in [-0.3, -0.25) is 0 Å². The summed E-state index contributed by atoms with van der Waals surface area (Å²) in [5.41, 5.74) is 0. The average Bonchev–Trinajstić information content (AvgIpc) is 2.67. The lowest BCUT2D eigenvalue weighted by Crippen LogP contribution is -2.36. The van der Waals surface area contributed by atoms with Crippen molar-refractivity contribution in [1.29, 1.82) is 0 Å². The summed E-state index contributed by atoms with van der Waals surface area (Å²) in [6.45, 7) is 5.81. The minimum atomic E-state index is 0.819. The Morgan fingerprint density at radius 3 is 2.22 bits per heavy atom. The normalized spacial score (nSPS) is 19.7. The predicted molar refractivity (Wildman–Crippen MR) is 82.0 cm³/mol. The maximum absolute atomic E-state index is 3.84. The predicted octanol–water partition coefficient (Wildman–Crippen LogP) is 5.30. The maximum Gasteiger partial charge on any atom is 0.00953 e. The molecule has 0 saturated heterocycles. The van der Waals surface area contributed by atoms with E-state index in [2.05, 4.69) is 19.2 Å². The molecule has 0 aromatic carbocycles. The van der Waals surface area contributed by atoms with Gasteiger partial charge in [0.05, 0.1) is 0 Å². The topological polar surface area (TPSA) is 12.0 Å². The van der Waals surface area contributed by atoms with Crippen LogP contribution in [0.2, 0.25) is 0 Å². The quantitative estimate of drug-likeness (QED) is 0.434. The lowest BCUT2D eigenvalue weighted by molar-refractivity contribution is 0.297. The molecule has 1 unspecified atom stereocenters. The summed E-state index contributed by atoms with van der Waals surface area (Å²) in [6, 6.07) is 0.819. The standard InChI is InChI=1S/C17H35N/c1-3-5-6-11-14-17(18-15-4-2)16-12-9-7-8-10-13-16/h16-18H,3-15H2,1-2H3. The van der Waals surface area contributed by atoms with Gasteiger partial charge in [0.15, 0.2) is 0 Å². The molecule has 0 spiro atoms. The number of rotatable bonds is 9. The molecule has 0 radical (unpaired) electrons. The first-order valence-electron chi connectivity index (χ1n) is 8.61. The van der Waals surface area contributed by atoms with Crippen molar-refractivity contribution >= 4 is 0 Å². The zero-order valence-electron chi connectivity index (χ0n) is 12.8. The van der Waals surface area contributed by atoms with E-state index in [0.29, 0.717) is 0 Å². The van der Waals surface area contributed by atoms with E-state index < -0.39 is 0 Å². The lowest BCUT2D eigenvalue weighted by Gasteiger charge is -2.27. The van der Waals surface area contributed by atoms with Crippen LogP contribution in [-0.4, -0.2) is 12.6 Å². The Balaban J connectivity index is 2.31. The maximum atomic E-state index is 3.84. The molecule has 108 valence electrons. The van der Waals surface area contributed by atoms with Crippen LogP contribution >= 0.6 is 0 Å². The van der Waals surface area contributed by atoms with Crippen LogP contribution in [0.4, 0.5) is 0 Å². The Kier molecular flexibility index (Phi) is 9.65. The molecule has 18 heavy (non-hydrogen) atoms. The molecule has 1 aliphatic rings. The van der Waals surface area contributed by atoms with Crippen molar-refractivity contribution in [2.45, 2.75) is 96.9 Å². The van der Waals surface area contributed by atoms with Gasteiger partial charge in [-0.25, -0.2) is 0 Å². The van der Waals surface area contributed by atoms with Crippen molar-refractivity contribution in [2.24, 2.45) is 5.92 Å². The largest absolute Gasteiger partial charge is 0.314 e. The second-order valence-corrected chi connectivity index (χ2v) is 6.16. The molecule has 0 aliphatic heterocycles. The minimum absolute atomic E-state index is 0.819. The first-order chi connectivity index (χ1) is 8.88. The highest BCUT2D eigenvalue weighted by Crippen LogP contribution is 2.27. The Morgan fingerprint density at radius 1 is 0.889 bits per heavy atom. The van der Waals surface area contributed by atoms with E-state index in [4.69, 9.17) is 0 Å². The molecular formula is C17H35N. The summed E-state index contributed by atoms with van der Waals surface area (Å²) in [6.07, 6.45) is 17.2. The molecule has 1 rings (SSSR count). The van der Waals surface area contributed by atoms with Crippen LogP contribution in [0.5, 0.6) is 0 Å². The molecule has 0 heterocycles. The van der Waals surface area contributed by atoms with Crippen molar-refractivity contribution in [2.75, 3.05) is 6.54 Å². The molecule has 0 bridgehead atoms. The smallest absolute Gasteiger partial charge is 0.00953 e. The van der Waals surface area contributed by atoms with E-state index in [1.165, 1.54) is 83.6 Å². The molecule has 1 N–H and O–H groups in total. The number of unbranched alkanes of at least 4 members (excludes halogenated alkanes) is 3. The highest BCUT2D eigenvalue weighted by Gasteiger charge is 2.21. The molecule has 1 fully saturated rings. The minimum Gasteiger partial charge on any atom is -0.314 e. The molecule has 1 atom stereocenters. The highest BCUT2D eigenvalue weighted by atomic mass is 14.9. The highest BCUT2D eigenvalue weighted by molar-refractivity contribution is 4.78. The average molecular weight is 253 g/mol. The number of hydrogen-bond donors (Lipinski definition) is 1. The third-order valence-electron chi connectivity index (χ3n) is 4.49. The number of hydrogen-bond acceptors (Lipinski definition) is 1. The first kappa shape index (κ1) is 16.0. The fourth-order valence-electron chi connectivity index (χ4n) is 3.34. The fourth-order valence-corrected chi connectivity index (χ4v) is 3.34. The summed E-state index contributed by atoms with van der Waals surface area (Å²) < 4.78 is 0. The summed E-state index contributed by atoms with van der Waals surface area (Å²) in [5, 5.41) is 3.84. The van der Waals surface area contributed by atoms with Crippen LogP contribution in [0.25, 0.3) is 0 Å². The van der Waals surface area contributed by atoms with Crippen LogP contribution in [0, 0.1) is 5.92 Å². The molecule has 1 heteroatoms. The molecule has 0 aromatic rings. The van der Waals surface area contributed by atoms with Gasteiger partial charge in [-0.15, -0.1) is 0 Å². The molecule has 1 nitrogen and oxygen atoms in total. The van der Waals surface area contributed by atoms with Crippen molar-refractivity contribution in [3.05, 3.63) is 0 Å². The Hall–Kier alpha value is -0.0400. The Bertz CT molecular complexity index is 170. The van der Waals surface area contributed by atoms with Gasteiger partial charge in [-0.1, -0.05) is 65.2 Å². The van der Waals surface area contributed by atoms with Crippen LogP contribution in [0.15, 0.2) is 0 Å². The fraction of sp³-hybridized carbons (Fsp3) is 1.00. The molecular weight excluding hydrogens is 218 g/mol. The van der Waals surface area contributed by atoms with Gasteiger partial charge in [0.1, 0.15) is 0 Å². The second kappa shape index (κ2) is 10.8. The van der Waals surface area contributed by atoms with Gasteiger partial charge < -0.3 is 5.32 Å². The van der Waals surface area contributed by atoms with Gasteiger partial charge in [-0.05, 0) is 38.1 Å². The third-order valence-corrected chi connectivity index (χ3v) is 4.49. The molecule has 1 aliphatic carbocycles. The third kappa shape index (κ3) is 6.78. The zero-order chi connectivity index (χ0) is 13.1. The summed E-state index contributed by atoms with van der Waals surface area (Å²) in [4.78, 5) is 0. The lowest BCUT2D eigenvalue weighted by atomic mass is 9.88. The van der Waals surface area contributed by atoms with E-state index in [1.54, 1.807) is 0 Å². The van der Waals surface area contributed by atoms with E-state index in [-0.39, 0.29) is 0 Å². The molecule has 1 saturated carbocycles. The van der Waals surface area contributed by atoms with Crippen LogP contribution in [0.1, 0.15) is 90.9 Å². The second-order valence-electron chi connectivity index (χ2n) is 6.16. The Morgan fingerprint density at radius 2 is 1.61 bits per heavy atom. The van der Waals surface area contributed by atoms with Crippen molar-refractivity contribution in [3.63, 3.8) is 0 Å². The zero-order valence-corrected chi connectivity index (χ0v) is 12.8. The van der Waals surface area contributed by atoms with Gasteiger partial charge >= 0.3 is 0 Å². The van der Waals surface area contributed by atoms with Gasteiger partial charge in [0.2, 0.25) is 0 Å². The summed E-state index contributed by atoms with van der Waals surface area (Å²) in [5.74, 6) is 0.973. The van der Waals surface area contributed by atoms with Gasteiger partial charge in [0.25, 0.3) is 0 Å². The van der Waals surface area contributed by atoms with E-state index in [9.17, 15) is 0 Å². The Labute approximate surface area is 115 Å². The van der Waals surface area contributed by atoms with Crippen LogP contribution in [0.3, 0.4) is 0 Å². The summed E-state index contributed by atoms with van der Waals surface area (Å²) >= 11 is 0. The molecule has 0 amide bonds. The van der Waals surface area contributed by atoms with Crippen molar-refractivity contribution in [3.8, 4) is 0 Å². The summed E-state index contributed by atoms with van der Waals surface area (Å²) in [7, 11) is 0.